The number of hydrogen-bond acceptors (Lipinski definition) is 5. The highest BCUT2D eigenvalue weighted by Crippen LogP contribution is 2.24. The molecule has 6 nitrogen and oxygen atoms in total. The zero-order chi connectivity index (χ0) is 14.0. The van der Waals surface area contributed by atoms with Crippen LogP contribution in [0.1, 0.15) is 5.56 Å². The van der Waals surface area contributed by atoms with Gasteiger partial charge in [-0.05, 0) is 25.2 Å². The third kappa shape index (κ3) is 3.04. The molecular weight excluding hydrogens is 264 g/mol. The summed E-state index contributed by atoms with van der Waals surface area (Å²) in [5.74, 6) is 0. The maximum absolute atomic E-state index is 11.3. The van der Waals surface area contributed by atoms with Crippen molar-refractivity contribution in [2.75, 3.05) is 38.1 Å². The van der Waals surface area contributed by atoms with Crippen LogP contribution in [0, 0.1) is 11.3 Å². The lowest BCUT2D eigenvalue weighted by molar-refractivity contribution is 0.313. The highest BCUT2D eigenvalue weighted by molar-refractivity contribution is 7.89. The van der Waals surface area contributed by atoms with Crippen molar-refractivity contribution in [2.45, 2.75) is 4.90 Å². The van der Waals surface area contributed by atoms with E-state index in [4.69, 9.17) is 10.4 Å². The van der Waals surface area contributed by atoms with Crippen LogP contribution in [0.15, 0.2) is 23.1 Å². The fourth-order valence-corrected chi connectivity index (χ4v) is 2.64. The molecule has 1 heterocycles. The monoisotopic (exact) mass is 280 g/mol. The molecule has 0 aliphatic carbocycles. The lowest BCUT2D eigenvalue weighted by Gasteiger charge is -2.34. The van der Waals surface area contributed by atoms with Gasteiger partial charge in [0.2, 0.25) is 10.0 Å². The minimum absolute atomic E-state index is 0.0260. The number of anilines is 1. The molecule has 0 amide bonds. The predicted molar refractivity (Wildman–Crippen MR) is 72.2 cm³/mol. The summed E-state index contributed by atoms with van der Waals surface area (Å²) in [5.41, 5.74) is 1.11. The van der Waals surface area contributed by atoms with E-state index in [1.54, 1.807) is 6.07 Å². The van der Waals surface area contributed by atoms with Crippen LogP contribution in [0.3, 0.4) is 0 Å². The van der Waals surface area contributed by atoms with Crippen molar-refractivity contribution in [3.63, 3.8) is 0 Å². The average Bonchev–Trinajstić information content (AvgIpc) is 2.38. The van der Waals surface area contributed by atoms with Crippen molar-refractivity contribution in [1.29, 1.82) is 5.26 Å². The third-order valence-electron chi connectivity index (χ3n) is 3.26. The van der Waals surface area contributed by atoms with Gasteiger partial charge in [-0.2, -0.15) is 5.26 Å². The molecule has 0 saturated carbocycles. The van der Waals surface area contributed by atoms with Crippen LogP contribution in [0.25, 0.3) is 0 Å². The molecule has 0 bridgehead atoms. The molecular formula is C12H16N4O2S. The fraction of sp³-hybridized carbons (Fsp3) is 0.417. The van der Waals surface area contributed by atoms with Crippen molar-refractivity contribution < 1.29 is 8.42 Å². The summed E-state index contributed by atoms with van der Waals surface area (Å²) in [6.07, 6.45) is 0. The molecule has 2 N–H and O–H groups in total. The minimum atomic E-state index is -3.77. The van der Waals surface area contributed by atoms with Crippen molar-refractivity contribution >= 4 is 15.7 Å². The van der Waals surface area contributed by atoms with Crippen molar-refractivity contribution in [1.82, 2.24) is 4.90 Å². The summed E-state index contributed by atoms with van der Waals surface area (Å²) in [5, 5.41) is 14.2. The number of nitrogens with zero attached hydrogens (tertiary/aromatic N) is 3. The topological polar surface area (TPSA) is 90.4 Å². The summed E-state index contributed by atoms with van der Waals surface area (Å²) in [7, 11) is -1.72. The Morgan fingerprint density at radius 3 is 2.42 bits per heavy atom. The number of nitriles is 1. The van der Waals surface area contributed by atoms with Gasteiger partial charge in [0.05, 0.1) is 16.1 Å². The summed E-state index contributed by atoms with van der Waals surface area (Å²) in [6, 6.07) is 6.48. The fourth-order valence-electron chi connectivity index (χ4n) is 2.10. The molecule has 1 saturated heterocycles. The van der Waals surface area contributed by atoms with Gasteiger partial charge in [-0.1, -0.05) is 0 Å². The van der Waals surface area contributed by atoms with Gasteiger partial charge in [0.25, 0.3) is 0 Å². The van der Waals surface area contributed by atoms with Gasteiger partial charge < -0.3 is 9.80 Å². The Balaban J connectivity index is 2.35. The Kier molecular flexibility index (Phi) is 3.75. The lowest BCUT2D eigenvalue weighted by Crippen LogP contribution is -2.44. The summed E-state index contributed by atoms with van der Waals surface area (Å²) >= 11 is 0. The maximum atomic E-state index is 11.3. The molecule has 2 rings (SSSR count). The summed E-state index contributed by atoms with van der Waals surface area (Å²) in [4.78, 5) is 4.27. The Morgan fingerprint density at radius 1 is 1.26 bits per heavy atom. The van der Waals surface area contributed by atoms with E-state index in [0.29, 0.717) is 5.56 Å². The van der Waals surface area contributed by atoms with E-state index < -0.39 is 10.0 Å². The standard InChI is InChI=1S/C12H16N4O2S/c1-15-4-6-16(7-5-15)12-3-2-11(19(14,17)18)8-10(12)9-13/h2-3,8H,4-7H2,1H3,(H2,14,17,18). The number of hydrogen-bond donors (Lipinski definition) is 1. The van der Waals surface area contributed by atoms with Gasteiger partial charge in [-0.3, -0.25) is 0 Å². The normalized spacial score (nSPS) is 17.2. The predicted octanol–water partition coefficient (Wildman–Crippen LogP) is -0.0425. The van der Waals surface area contributed by atoms with Crippen molar-refractivity contribution in [3.05, 3.63) is 23.8 Å². The second kappa shape index (κ2) is 5.17. The van der Waals surface area contributed by atoms with Gasteiger partial charge in [0.15, 0.2) is 0 Å². The van der Waals surface area contributed by atoms with Crippen molar-refractivity contribution in [3.8, 4) is 6.07 Å². The van der Waals surface area contributed by atoms with Crippen LogP contribution in [0.5, 0.6) is 0 Å². The first-order valence-electron chi connectivity index (χ1n) is 5.92. The van der Waals surface area contributed by atoms with Gasteiger partial charge in [0, 0.05) is 26.2 Å². The number of piperazine rings is 1. The molecule has 0 atom stereocenters. The molecule has 0 unspecified atom stereocenters. The second-order valence-corrected chi connectivity index (χ2v) is 6.19. The van der Waals surface area contributed by atoms with E-state index in [0.717, 1.165) is 31.9 Å². The van der Waals surface area contributed by atoms with E-state index in [-0.39, 0.29) is 4.90 Å². The zero-order valence-corrected chi connectivity index (χ0v) is 11.5. The number of rotatable bonds is 2. The average molecular weight is 280 g/mol. The van der Waals surface area contributed by atoms with E-state index in [2.05, 4.69) is 9.80 Å². The minimum Gasteiger partial charge on any atom is -0.368 e. The van der Waals surface area contributed by atoms with Crippen LogP contribution in [0.4, 0.5) is 5.69 Å². The van der Waals surface area contributed by atoms with E-state index in [9.17, 15) is 8.42 Å². The smallest absolute Gasteiger partial charge is 0.238 e. The van der Waals surface area contributed by atoms with Crippen LogP contribution >= 0.6 is 0 Å². The van der Waals surface area contributed by atoms with E-state index >= 15 is 0 Å². The zero-order valence-electron chi connectivity index (χ0n) is 10.7. The quantitative estimate of drug-likeness (QED) is 0.820. The number of benzene rings is 1. The highest BCUT2D eigenvalue weighted by Gasteiger charge is 2.19. The van der Waals surface area contributed by atoms with Crippen LogP contribution in [-0.2, 0) is 10.0 Å². The molecule has 19 heavy (non-hydrogen) atoms. The second-order valence-electron chi connectivity index (χ2n) is 4.63. The lowest BCUT2D eigenvalue weighted by atomic mass is 10.1. The summed E-state index contributed by atoms with van der Waals surface area (Å²) < 4.78 is 22.6. The number of primary sulfonamides is 1. The first-order chi connectivity index (χ1) is 8.91. The van der Waals surface area contributed by atoms with Gasteiger partial charge in [-0.25, -0.2) is 13.6 Å². The molecule has 1 aromatic carbocycles. The molecule has 0 radical (unpaired) electrons. The molecule has 1 aliphatic rings. The Labute approximate surface area is 113 Å². The van der Waals surface area contributed by atoms with Gasteiger partial charge >= 0.3 is 0 Å². The molecule has 0 aromatic heterocycles. The first kappa shape index (κ1) is 13.8. The maximum Gasteiger partial charge on any atom is 0.238 e. The molecule has 102 valence electrons. The number of nitrogens with two attached hydrogens (primary N) is 1. The van der Waals surface area contributed by atoms with E-state index in [1.807, 2.05) is 13.1 Å². The van der Waals surface area contributed by atoms with Crippen LogP contribution in [-0.4, -0.2) is 46.5 Å². The molecule has 1 aromatic rings. The van der Waals surface area contributed by atoms with Crippen LogP contribution < -0.4 is 10.0 Å². The van der Waals surface area contributed by atoms with Crippen molar-refractivity contribution in [2.24, 2.45) is 5.14 Å². The molecule has 1 fully saturated rings. The van der Waals surface area contributed by atoms with Gasteiger partial charge in [0.1, 0.15) is 6.07 Å². The molecule has 7 heteroatoms. The Hall–Kier alpha value is -1.62. The molecule has 1 aliphatic heterocycles. The SMILES string of the molecule is CN1CCN(c2ccc(S(N)(=O)=O)cc2C#N)CC1. The first-order valence-corrected chi connectivity index (χ1v) is 7.47. The Bertz CT molecular complexity index is 613. The number of likely N-dealkylation sites (N-methyl/N-ethyl adjacent to an activating group) is 1. The Morgan fingerprint density at radius 2 is 1.89 bits per heavy atom. The third-order valence-corrected chi connectivity index (χ3v) is 4.17. The van der Waals surface area contributed by atoms with E-state index in [1.165, 1.54) is 12.1 Å². The number of sulfonamides is 1. The molecule has 0 spiro atoms. The largest absolute Gasteiger partial charge is 0.368 e. The highest BCUT2D eigenvalue weighted by atomic mass is 32.2. The summed E-state index contributed by atoms with van der Waals surface area (Å²) in [6.45, 7) is 3.48. The van der Waals surface area contributed by atoms with Gasteiger partial charge in [-0.15, -0.1) is 0 Å². The van der Waals surface area contributed by atoms with Crippen LogP contribution in [0.2, 0.25) is 0 Å².